The fourth-order valence-electron chi connectivity index (χ4n) is 3.21. The molecule has 0 spiro atoms. The molecule has 2 heterocycles. The number of hydrogen-bond donors (Lipinski definition) is 0. The van der Waals surface area contributed by atoms with Crippen LogP contribution in [0.4, 0.5) is 0 Å². The van der Waals surface area contributed by atoms with E-state index in [0.717, 1.165) is 23.8 Å². The van der Waals surface area contributed by atoms with Crippen molar-refractivity contribution in [2.45, 2.75) is 19.4 Å². The van der Waals surface area contributed by atoms with Gasteiger partial charge in [-0.05, 0) is 29.3 Å². The van der Waals surface area contributed by atoms with E-state index < -0.39 is 0 Å². The van der Waals surface area contributed by atoms with Gasteiger partial charge in [0.1, 0.15) is 0 Å². The molecule has 0 aromatic heterocycles. The highest BCUT2D eigenvalue weighted by Crippen LogP contribution is 2.31. The molecule has 2 atom stereocenters. The minimum atomic E-state index is -0.176. The molecule has 1 fully saturated rings. The minimum Gasteiger partial charge on any atom is -0.373 e. The number of epoxide rings is 1. The van der Waals surface area contributed by atoms with Crippen molar-refractivity contribution in [2.24, 2.45) is 5.92 Å². The van der Waals surface area contributed by atoms with Gasteiger partial charge < -0.3 is 4.74 Å². The standard InChI is InChI=1S/C18H17NO3/c1-2-11(16-10-22-16)9-19-17(20)14-7-12-5-3-4-6-13(12)8-15(14)18(19)21/h3-8,11,16H,2,9-10H2,1H3. The monoisotopic (exact) mass is 295 g/mol. The average Bonchev–Trinajstić information content (AvgIpc) is 3.35. The van der Waals surface area contributed by atoms with Crippen LogP contribution in [0.3, 0.4) is 0 Å². The number of fused-ring (bicyclic) bond motifs is 2. The molecular formula is C18H17NO3. The van der Waals surface area contributed by atoms with Gasteiger partial charge in [-0.25, -0.2) is 0 Å². The molecule has 2 aromatic rings. The Bertz CT molecular complexity index is 724. The van der Waals surface area contributed by atoms with Crippen LogP contribution in [0.2, 0.25) is 0 Å². The molecule has 1 saturated heterocycles. The van der Waals surface area contributed by atoms with Gasteiger partial charge in [0.15, 0.2) is 0 Å². The Kier molecular flexibility index (Phi) is 3.01. The molecule has 4 nitrogen and oxygen atoms in total. The van der Waals surface area contributed by atoms with Crippen LogP contribution in [0.15, 0.2) is 36.4 Å². The molecule has 0 bridgehead atoms. The largest absolute Gasteiger partial charge is 0.373 e. The van der Waals surface area contributed by atoms with Crippen LogP contribution in [-0.2, 0) is 4.74 Å². The van der Waals surface area contributed by atoms with Gasteiger partial charge >= 0.3 is 0 Å². The lowest BCUT2D eigenvalue weighted by Crippen LogP contribution is -2.36. The molecule has 0 radical (unpaired) electrons. The smallest absolute Gasteiger partial charge is 0.261 e. The Labute approximate surface area is 128 Å². The molecule has 2 unspecified atom stereocenters. The van der Waals surface area contributed by atoms with Crippen molar-refractivity contribution in [3.63, 3.8) is 0 Å². The summed E-state index contributed by atoms with van der Waals surface area (Å²) in [7, 11) is 0. The van der Waals surface area contributed by atoms with E-state index in [1.807, 2.05) is 36.4 Å². The fraction of sp³-hybridized carbons (Fsp3) is 0.333. The van der Waals surface area contributed by atoms with E-state index in [-0.39, 0.29) is 23.8 Å². The zero-order valence-electron chi connectivity index (χ0n) is 12.4. The summed E-state index contributed by atoms with van der Waals surface area (Å²) in [6.45, 7) is 3.26. The Hall–Kier alpha value is -2.20. The summed E-state index contributed by atoms with van der Waals surface area (Å²) in [5, 5.41) is 1.98. The first-order valence-corrected chi connectivity index (χ1v) is 7.69. The van der Waals surface area contributed by atoms with Crippen molar-refractivity contribution in [2.75, 3.05) is 13.2 Å². The lowest BCUT2D eigenvalue weighted by Gasteiger charge is -2.19. The number of nitrogens with zero attached hydrogens (tertiary/aromatic N) is 1. The first kappa shape index (κ1) is 13.5. The summed E-state index contributed by atoms with van der Waals surface area (Å²) in [6.07, 6.45) is 1.11. The molecule has 4 heteroatoms. The lowest BCUT2D eigenvalue weighted by atomic mass is 10.0. The molecule has 112 valence electrons. The summed E-state index contributed by atoms with van der Waals surface area (Å²) in [6, 6.07) is 11.5. The van der Waals surface area contributed by atoms with Crippen molar-refractivity contribution in [3.05, 3.63) is 47.5 Å². The van der Waals surface area contributed by atoms with Crippen LogP contribution in [-0.4, -0.2) is 36.0 Å². The summed E-state index contributed by atoms with van der Waals surface area (Å²) in [4.78, 5) is 26.6. The van der Waals surface area contributed by atoms with Crippen LogP contribution < -0.4 is 0 Å². The van der Waals surface area contributed by atoms with Crippen LogP contribution >= 0.6 is 0 Å². The van der Waals surface area contributed by atoms with E-state index in [9.17, 15) is 9.59 Å². The SMILES string of the molecule is CCC(CN1C(=O)c2cc3ccccc3cc2C1=O)C1CO1. The molecule has 22 heavy (non-hydrogen) atoms. The maximum atomic E-state index is 12.6. The molecule has 0 saturated carbocycles. The van der Waals surface area contributed by atoms with Crippen molar-refractivity contribution in [3.8, 4) is 0 Å². The van der Waals surface area contributed by atoms with Gasteiger partial charge in [0.2, 0.25) is 0 Å². The molecule has 2 aromatic carbocycles. The van der Waals surface area contributed by atoms with Gasteiger partial charge in [-0.3, -0.25) is 14.5 Å². The first-order chi connectivity index (χ1) is 10.7. The maximum absolute atomic E-state index is 12.6. The Morgan fingerprint density at radius 1 is 1.14 bits per heavy atom. The topological polar surface area (TPSA) is 49.9 Å². The summed E-state index contributed by atoms with van der Waals surface area (Å²) in [5.74, 6) is -0.119. The highest BCUT2D eigenvalue weighted by atomic mass is 16.6. The quantitative estimate of drug-likeness (QED) is 0.644. The number of benzene rings is 2. The molecule has 0 aliphatic carbocycles. The van der Waals surface area contributed by atoms with Gasteiger partial charge in [-0.1, -0.05) is 31.2 Å². The van der Waals surface area contributed by atoms with Gasteiger partial charge in [-0.15, -0.1) is 0 Å². The van der Waals surface area contributed by atoms with E-state index in [2.05, 4.69) is 6.92 Å². The minimum absolute atomic E-state index is 0.176. The Morgan fingerprint density at radius 3 is 2.14 bits per heavy atom. The predicted octanol–water partition coefficient (Wildman–Crippen LogP) is 2.86. The van der Waals surface area contributed by atoms with Crippen molar-refractivity contribution >= 4 is 22.6 Å². The highest BCUT2D eigenvalue weighted by molar-refractivity contribution is 6.23. The average molecular weight is 295 g/mol. The van der Waals surface area contributed by atoms with E-state index >= 15 is 0 Å². The zero-order valence-corrected chi connectivity index (χ0v) is 12.4. The number of imide groups is 1. The van der Waals surface area contributed by atoms with Crippen molar-refractivity contribution in [1.82, 2.24) is 4.90 Å². The molecule has 2 aliphatic rings. The van der Waals surface area contributed by atoms with Crippen molar-refractivity contribution < 1.29 is 14.3 Å². The highest BCUT2D eigenvalue weighted by Gasteiger charge is 2.40. The van der Waals surface area contributed by atoms with Crippen LogP contribution in [0.5, 0.6) is 0 Å². The fourth-order valence-corrected chi connectivity index (χ4v) is 3.21. The van der Waals surface area contributed by atoms with E-state index in [1.54, 1.807) is 0 Å². The molecule has 4 rings (SSSR count). The maximum Gasteiger partial charge on any atom is 0.261 e. The van der Waals surface area contributed by atoms with E-state index in [4.69, 9.17) is 4.74 Å². The van der Waals surface area contributed by atoms with Crippen LogP contribution in [0.1, 0.15) is 34.1 Å². The second-order valence-corrected chi connectivity index (χ2v) is 6.01. The third kappa shape index (κ3) is 2.03. The number of amides is 2. The normalized spacial score (nSPS) is 21.3. The lowest BCUT2D eigenvalue weighted by molar-refractivity contribution is 0.0619. The number of rotatable bonds is 4. The van der Waals surface area contributed by atoms with Crippen LogP contribution in [0, 0.1) is 5.92 Å². The van der Waals surface area contributed by atoms with E-state index in [1.165, 1.54) is 4.90 Å². The third-order valence-electron chi connectivity index (χ3n) is 4.66. The third-order valence-corrected chi connectivity index (χ3v) is 4.66. The van der Waals surface area contributed by atoms with Crippen LogP contribution in [0.25, 0.3) is 10.8 Å². The number of carbonyl (C=O) groups excluding carboxylic acids is 2. The Morgan fingerprint density at radius 2 is 1.68 bits per heavy atom. The number of hydrogen-bond acceptors (Lipinski definition) is 3. The van der Waals surface area contributed by atoms with Gasteiger partial charge in [0.25, 0.3) is 11.8 Å². The van der Waals surface area contributed by atoms with Crippen molar-refractivity contribution in [1.29, 1.82) is 0 Å². The Balaban J connectivity index is 1.70. The van der Waals surface area contributed by atoms with Gasteiger partial charge in [0.05, 0.1) is 23.8 Å². The number of carbonyl (C=O) groups is 2. The summed E-state index contributed by atoms with van der Waals surface area (Å²) < 4.78 is 5.33. The second-order valence-electron chi connectivity index (χ2n) is 6.01. The molecule has 0 N–H and O–H groups in total. The zero-order chi connectivity index (χ0) is 15.3. The van der Waals surface area contributed by atoms with E-state index in [0.29, 0.717) is 17.7 Å². The summed E-state index contributed by atoms with van der Waals surface area (Å²) >= 11 is 0. The van der Waals surface area contributed by atoms with Gasteiger partial charge in [-0.2, -0.15) is 0 Å². The first-order valence-electron chi connectivity index (χ1n) is 7.69. The second kappa shape index (κ2) is 4.92. The summed E-state index contributed by atoms with van der Waals surface area (Å²) in [5.41, 5.74) is 1.05. The number of ether oxygens (including phenoxy) is 1. The molecular weight excluding hydrogens is 278 g/mol. The molecule has 2 amide bonds. The predicted molar refractivity (Wildman–Crippen MR) is 82.8 cm³/mol. The van der Waals surface area contributed by atoms with Gasteiger partial charge in [0, 0.05) is 12.5 Å². The molecule has 2 aliphatic heterocycles.